The monoisotopic (exact) mass is 380 g/mol. The topological polar surface area (TPSA) is 89.2 Å². The second-order valence-corrected chi connectivity index (χ2v) is 8.35. The average molecular weight is 380 g/mol. The van der Waals surface area contributed by atoms with Crippen molar-refractivity contribution in [2.45, 2.75) is 45.6 Å². The molecule has 0 aliphatic carbocycles. The number of rotatable bonds is 2. The lowest BCUT2D eigenvalue weighted by Gasteiger charge is -2.14. The van der Waals surface area contributed by atoms with Crippen LogP contribution < -0.4 is 10.6 Å². The van der Waals surface area contributed by atoms with Crippen molar-refractivity contribution in [2.75, 3.05) is 11.9 Å². The smallest absolute Gasteiger partial charge is 0.267 e. The summed E-state index contributed by atoms with van der Waals surface area (Å²) in [6, 6.07) is 9.23. The lowest BCUT2D eigenvalue weighted by Crippen LogP contribution is -2.22. The molecule has 1 aromatic carbocycles. The summed E-state index contributed by atoms with van der Waals surface area (Å²) in [4.78, 5) is 25.1. The Morgan fingerprint density at radius 3 is 2.79 bits per heavy atom. The summed E-state index contributed by atoms with van der Waals surface area (Å²) in [6.45, 7) is 8.78. The van der Waals surface area contributed by atoms with Gasteiger partial charge in [0.25, 0.3) is 11.8 Å². The minimum absolute atomic E-state index is 0.0798. The average Bonchev–Trinajstić information content (AvgIpc) is 3.22. The van der Waals surface area contributed by atoms with E-state index in [1.54, 1.807) is 12.1 Å². The first-order valence-electron chi connectivity index (χ1n) is 9.46. The molecule has 7 nitrogen and oxygen atoms in total. The van der Waals surface area contributed by atoms with Crippen LogP contribution in [0.5, 0.6) is 0 Å². The van der Waals surface area contributed by atoms with Crippen molar-refractivity contribution in [3.05, 3.63) is 47.3 Å². The summed E-state index contributed by atoms with van der Waals surface area (Å²) < 4.78 is 7.34. The molecule has 0 fully saturated rings. The van der Waals surface area contributed by atoms with Crippen LogP contribution in [0.15, 0.2) is 34.9 Å². The molecule has 1 unspecified atom stereocenters. The fourth-order valence-corrected chi connectivity index (χ4v) is 3.50. The molecule has 0 radical (unpaired) electrons. The summed E-state index contributed by atoms with van der Waals surface area (Å²) in [5, 5.41) is 10.6. The van der Waals surface area contributed by atoms with Crippen LogP contribution in [0.4, 0.5) is 5.82 Å². The minimum Gasteiger partial charge on any atom is -0.359 e. The van der Waals surface area contributed by atoms with Crippen LogP contribution in [0.3, 0.4) is 0 Å². The zero-order valence-corrected chi connectivity index (χ0v) is 16.5. The second kappa shape index (κ2) is 6.51. The maximum absolute atomic E-state index is 12.7. The van der Waals surface area contributed by atoms with E-state index in [1.807, 2.05) is 43.5 Å². The zero-order valence-electron chi connectivity index (χ0n) is 16.5. The van der Waals surface area contributed by atoms with E-state index in [9.17, 15) is 9.59 Å². The van der Waals surface area contributed by atoms with Gasteiger partial charge in [-0.15, -0.1) is 0 Å². The van der Waals surface area contributed by atoms with Gasteiger partial charge in [0.05, 0.1) is 0 Å². The number of hydrogen-bond donors (Lipinski definition) is 2. The van der Waals surface area contributed by atoms with Crippen molar-refractivity contribution in [3.8, 4) is 0 Å². The van der Waals surface area contributed by atoms with Crippen LogP contribution in [0, 0.1) is 0 Å². The first kappa shape index (κ1) is 18.3. The molecule has 4 rings (SSSR count). The number of aromatic nitrogens is 2. The predicted octanol–water partition coefficient (Wildman–Crippen LogP) is 3.87. The zero-order chi connectivity index (χ0) is 20.1. The molecule has 0 saturated heterocycles. The van der Waals surface area contributed by atoms with Crippen molar-refractivity contribution in [1.82, 2.24) is 15.0 Å². The van der Waals surface area contributed by atoms with E-state index >= 15 is 0 Å². The molecule has 3 heterocycles. The predicted molar refractivity (Wildman–Crippen MR) is 107 cm³/mol. The highest BCUT2D eigenvalue weighted by molar-refractivity contribution is 6.07. The first-order chi connectivity index (χ1) is 13.2. The first-order valence-corrected chi connectivity index (χ1v) is 9.46. The van der Waals surface area contributed by atoms with Gasteiger partial charge in [-0.3, -0.25) is 9.59 Å². The SMILES string of the molecule is CC1CCNC(=O)c2cc3ccc(C(=O)Nc4cc(C(C)(C)C)on4)cc3n21. The van der Waals surface area contributed by atoms with Gasteiger partial charge in [-0.25, -0.2) is 0 Å². The van der Waals surface area contributed by atoms with Gasteiger partial charge in [-0.05, 0) is 31.5 Å². The molecular formula is C21H24N4O3. The Morgan fingerprint density at radius 2 is 2.07 bits per heavy atom. The molecule has 1 aliphatic heterocycles. The highest BCUT2D eigenvalue weighted by Gasteiger charge is 2.24. The van der Waals surface area contributed by atoms with E-state index < -0.39 is 0 Å². The molecule has 0 bridgehead atoms. The Kier molecular flexibility index (Phi) is 4.25. The molecule has 2 N–H and O–H groups in total. The van der Waals surface area contributed by atoms with Crippen molar-refractivity contribution in [3.63, 3.8) is 0 Å². The van der Waals surface area contributed by atoms with Crippen LogP contribution in [0.25, 0.3) is 10.9 Å². The Labute approximate surface area is 163 Å². The summed E-state index contributed by atoms with van der Waals surface area (Å²) in [7, 11) is 0. The molecule has 2 amide bonds. The number of fused-ring (bicyclic) bond motifs is 3. The molecule has 3 aromatic rings. The summed E-state index contributed by atoms with van der Waals surface area (Å²) >= 11 is 0. The van der Waals surface area contributed by atoms with Gasteiger partial charge in [0.1, 0.15) is 11.5 Å². The number of hydrogen-bond acceptors (Lipinski definition) is 4. The fraction of sp³-hybridized carbons (Fsp3) is 0.381. The molecule has 146 valence electrons. The van der Waals surface area contributed by atoms with Crippen molar-refractivity contribution in [1.29, 1.82) is 0 Å². The number of anilines is 1. The fourth-order valence-electron chi connectivity index (χ4n) is 3.50. The number of amides is 2. The third kappa shape index (κ3) is 3.17. The lowest BCUT2D eigenvalue weighted by atomic mass is 9.93. The van der Waals surface area contributed by atoms with Crippen LogP contribution in [0.2, 0.25) is 0 Å². The summed E-state index contributed by atoms with van der Waals surface area (Å²) in [6.07, 6.45) is 0.841. The third-order valence-corrected chi connectivity index (χ3v) is 5.12. The van der Waals surface area contributed by atoms with E-state index in [0.717, 1.165) is 17.3 Å². The number of nitrogens with one attached hydrogen (secondary N) is 2. The summed E-state index contributed by atoms with van der Waals surface area (Å²) in [5.41, 5.74) is 1.83. The molecule has 0 spiro atoms. The van der Waals surface area contributed by atoms with E-state index in [1.165, 1.54) is 0 Å². The number of carbonyl (C=O) groups is 2. The molecule has 1 aliphatic rings. The van der Waals surface area contributed by atoms with E-state index in [0.29, 0.717) is 29.4 Å². The Morgan fingerprint density at radius 1 is 1.29 bits per heavy atom. The van der Waals surface area contributed by atoms with Gasteiger partial charge in [0, 0.05) is 40.5 Å². The van der Waals surface area contributed by atoms with Crippen LogP contribution in [-0.2, 0) is 5.41 Å². The van der Waals surface area contributed by atoms with Crippen molar-refractivity contribution in [2.24, 2.45) is 0 Å². The van der Waals surface area contributed by atoms with Crippen molar-refractivity contribution >= 4 is 28.5 Å². The quantitative estimate of drug-likeness (QED) is 0.706. The number of carbonyl (C=O) groups excluding carboxylic acids is 2. The van der Waals surface area contributed by atoms with Gasteiger partial charge in [0.2, 0.25) is 0 Å². The van der Waals surface area contributed by atoms with Crippen LogP contribution in [-0.4, -0.2) is 28.1 Å². The Bertz CT molecular complexity index is 1070. The largest absolute Gasteiger partial charge is 0.359 e. The Balaban J connectivity index is 1.67. The third-order valence-electron chi connectivity index (χ3n) is 5.12. The molecular weight excluding hydrogens is 356 g/mol. The molecule has 1 atom stereocenters. The van der Waals surface area contributed by atoms with Crippen LogP contribution >= 0.6 is 0 Å². The molecule has 0 saturated carbocycles. The van der Waals surface area contributed by atoms with E-state index in [2.05, 4.69) is 22.7 Å². The van der Waals surface area contributed by atoms with Gasteiger partial charge >= 0.3 is 0 Å². The molecule has 7 heteroatoms. The normalized spacial score (nSPS) is 17.1. The van der Waals surface area contributed by atoms with Crippen LogP contribution in [0.1, 0.15) is 66.8 Å². The van der Waals surface area contributed by atoms with E-state index in [4.69, 9.17) is 4.52 Å². The van der Waals surface area contributed by atoms with E-state index in [-0.39, 0.29) is 23.3 Å². The standard InChI is InChI=1S/C21H24N4O3/c1-12-7-8-22-20(27)16-9-13-5-6-14(10-15(13)25(12)16)19(26)23-18-11-17(28-24-18)21(2,3)4/h5-6,9-12H,7-8H2,1-4H3,(H,22,27)(H,23,24,26). The highest BCUT2D eigenvalue weighted by atomic mass is 16.5. The number of nitrogens with zero attached hydrogens (tertiary/aromatic N) is 2. The van der Waals surface area contributed by atoms with Gasteiger partial charge in [-0.1, -0.05) is 32.0 Å². The maximum atomic E-state index is 12.7. The summed E-state index contributed by atoms with van der Waals surface area (Å²) in [5.74, 6) is 0.743. The van der Waals surface area contributed by atoms with Gasteiger partial charge in [0.15, 0.2) is 5.82 Å². The Hall–Kier alpha value is -3.09. The maximum Gasteiger partial charge on any atom is 0.267 e. The van der Waals surface area contributed by atoms with Crippen molar-refractivity contribution < 1.29 is 14.1 Å². The molecule has 28 heavy (non-hydrogen) atoms. The van der Waals surface area contributed by atoms with Gasteiger partial charge in [-0.2, -0.15) is 0 Å². The second-order valence-electron chi connectivity index (χ2n) is 8.35. The minimum atomic E-state index is -0.267. The van der Waals surface area contributed by atoms with Gasteiger partial charge < -0.3 is 19.7 Å². The highest BCUT2D eigenvalue weighted by Crippen LogP contribution is 2.29. The molecule has 2 aromatic heterocycles. The lowest BCUT2D eigenvalue weighted by molar-refractivity contribution is 0.0950. The number of benzene rings is 1.